The molecule has 4 saturated carbocycles. The zero-order valence-corrected chi connectivity index (χ0v) is 15.8. The van der Waals surface area contributed by atoms with Crippen molar-refractivity contribution < 1.29 is 4.79 Å². The van der Waals surface area contributed by atoms with Crippen molar-refractivity contribution in [2.75, 3.05) is 5.75 Å². The van der Waals surface area contributed by atoms with Gasteiger partial charge in [-0.05, 0) is 68.6 Å². The van der Waals surface area contributed by atoms with Crippen LogP contribution in [0.1, 0.15) is 45.4 Å². The predicted octanol–water partition coefficient (Wildman–Crippen LogP) is 3.28. The van der Waals surface area contributed by atoms with Gasteiger partial charge in [0.15, 0.2) is 5.16 Å². The number of hydrogen-bond acceptors (Lipinski definition) is 4. The smallest absolute Gasteiger partial charge is 0.230 e. The summed E-state index contributed by atoms with van der Waals surface area (Å²) in [6.07, 6.45) is 11.8. The number of allylic oxidation sites excluding steroid dienone is 1. The number of nitrogens with zero attached hydrogens (tertiary/aromatic N) is 3. The highest BCUT2D eigenvalue weighted by molar-refractivity contribution is 7.99. The fraction of sp³-hybridized carbons (Fsp3) is 0.737. The summed E-state index contributed by atoms with van der Waals surface area (Å²) in [6.45, 7) is 6.64. The molecule has 1 aromatic heterocycles. The molecule has 4 fully saturated rings. The van der Waals surface area contributed by atoms with Gasteiger partial charge in [-0.3, -0.25) is 4.79 Å². The van der Waals surface area contributed by atoms with E-state index in [1.807, 2.05) is 10.6 Å². The maximum atomic E-state index is 12.5. The monoisotopic (exact) mass is 360 g/mol. The van der Waals surface area contributed by atoms with Crippen LogP contribution in [0.25, 0.3) is 0 Å². The number of amides is 1. The van der Waals surface area contributed by atoms with E-state index >= 15 is 0 Å². The van der Waals surface area contributed by atoms with Gasteiger partial charge in [-0.15, -0.1) is 16.8 Å². The molecule has 1 heterocycles. The van der Waals surface area contributed by atoms with Crippen molar-refractivity contribution in [1.82, 2.24) is 20.1 Å². The minimum Gasteiger partial charge on any atom is -0.352 e. The zero-order chi connectivity index (χ0) is 17.4. The maximum Gasteiger partial charge on any atom is 0.230 e. The van der Waals surface area contributed by atoms with E-state index in [0.717, 1.165) is 22.9 Å². The molecule has 25 heavy (non-hydrogen) atoms. The minimum absolute atomic E-state index is 0.112. The number of aromatic nitrogens is 3. The summed E-state index contributed by atoms with van der Waals surface area (Å²) in [7, 11) is 0. The lowest BCUT2D eigenvalue weighted by molar-refractivity contribution is -0.123. The Balaban J connectivity index is 1.33. The number of thioether (sulfide) groups is 1. The van der Waals surface area contributed by atoms with Crippen molar-refractivity contribution in [3.05, 3.63) is 19.0 Å². The van der Waals surface area contributed by atoms with Crippen molar-refractivity contribution in [2.24, 2.45) is 23.2 Å². The van der Waals surface area contributed by atoms with E-state index in [9.17, 15) is 4.79 Å². The summed E-state index contributed by atoms with van der Waals surface area (Å²) >= 11 is 1.45. The lowest BCUT2D eigenvalue weighted by Gasteiger charge is -2.59. The van der Waals surface area contributed by atoms with Gasteiger partial charge in [-0.2, -0.15) is 0 Å². The zero-order valence-electron chi connectivity index (χ0n) is 15.0. The van der Waals surface area contributed by atoms with Gasteiger partial charge in [-0.25, -0.2) is 0 Å². The number of carbonyl (C=O) groups excluding carboxylic acids is 1. The van der Waals surface area contributed by atoms with Crippen LogP contribution in [-0.4, -0.2) is 32.5 Å². The summed E-state index contributed by atoms with van der Waals surface area (Å²) in [5.41, 5.74) is 0.359. The molecule has 5 rings (SSSR count). The molecule has 0 aromatic carbocycles. The Hall–Kier alpha value is -1.30. The lowest BCUT2D eigenvalue weighted by Crippen LogP contribution is -2.56. The largest absolute Gasteiger partial charge is 0.352 e. The Morgan fingerprint density at radius 1 is 1.40 bits per heavy atom. The highest BCUT2D eigenvalue weighted by Crippen LogP contribution is 2.61. The minimum atomic E-state index is 0.112. The molecule has 1 aromatic rings. The van der Waals surface area contributed by atoms with E-state index in [4.69, 9.17) is 0 Å². The van der Waals surface area contributed by atoms with Gasteiger partial charge in [0.1, 0.15) is 6.33 Å². The first-order valence-corrected chi connectivity index (χ1v) is 10.5. The first kappa shape index (κ1) is 17.1. The first-order valence-electron chi connectivity index (χ1n) is 9.49. The molecule has 136 valence electrons. The van der Waals surface area contributed by atoms with E-state index < -0.39 is 0 Å². The average Bonchev–Trinajstić information content (AvgIpc) is 2.99. The summed E-state index contributed by atoms with van der Waals surface area (Å²) in [5.74, 6) is 3.25. The molecule has 6 heteroatoms. The van der Waals surface area contributed by atoms with E-state index in [-0.39, 0.29) is 11.9 Å². The lowest BCUT2D eigenvalue weighted by atomic mass is 9.48. The molecule has 5 nitrogen and oxygen atoms in total. The predicted molar refractivity (Wildman–Crippen MR) is 99.2 cm³/mol. The van der Waals surface area contributed by atoms with Crippen LogP contribution >= 0.6 is 11.8 Å². The molecular formula is C19H28N4OS. The summed E-state index contributed by atoms with van der Waals surface area (Å²) < 4.78 is 1.91. The Morgan fingerprint density at radius 2 is 2.04 bits per heavy atom. The first-order chi connectivity index (χ1) is 12.1. The standard InChI is InChI=1S/C19H28N4OS/c1-3-4-23-12-20-22-18(23)25-11-17(24)21-13(2)19-8-14-5-15(9-19)7-16(6-14)10-19/h3,12-16H,1,4-11H2,2H3,(H,21,24)/t13-,14?,15?,16?,19?/m0/s1. The third-order valence-corrected chi connectivity index (χ3v) is 7.60. The third kappa shape index (κ3) is 3.37. The molecule has 1 N–H and O–H groups in total. The molecule has 4 aliphatic rings. The van der Waals surface area contributed by atoms with Crippen LogP contribution in [-0.2, 0) is 11.3 Å². The van der Waals surface area contributed by atoms with E-state index in [1.165, 1.54) is 50.3 Å². The van der Waals surface area contributed by atoms with Crippen molar-refractivity contribution in [1.29, 1.82) is 0 Å². The molecule has 0 spiro atoms. The van der Waals surface area contributed by atoms with Crippen molar-refractivity contribution >= 4 is 17.7 Å². The molecule has 0 aliphatic heterocycles. The second-order valence-corrected chi connectivity index (χ2v) is 9.35. The molecule has 0 saturated heterocycles. The highest BCUT2D eigenvalue weighted by atomic mass is 32.2. The fourth-order valence-corrected chi connectivity index (χ4v) is 6.63. The Labute approximate surface area is 154 Å². The van der Waals surface area contributed by atoms with Crippen molar-refractivity contribution in [2.45, 2.75) is 63.2 Å². The number of nitrogens with one attached hydrogen (secondary N) is 1. The van der Waals surface area contributed by atoms with Crippen LogP contribution in [0.4, 0.5) is 0 Å². The van der Waals surface area contributed by atoms with Crippen LogP contribution in [0.3, 0.4) is 0 Å². The Bertz CT molecular complexity index is 620. The van der Waals surface area contributed by atoms with Crippen LogP contribution in [0, 0.1) is 23.2 Å². The van der Waals surface area contributed by atoms with Crippen LogP contribution in [0.5, 0.6) is 0 Å². The topological polar surface area (TPSA) is 59.8 Å². The van der Waals surface area contributed by atoms with Crippen LogP contribution in [0.15, 0.2) is 24.1 Å². The third-order valence-electron chi connectivity index (χ3n) is 6.62. The van der Waals surface area contributed by atoms with Gasteiger partial charge in [0.2, 0.25) is 5.91 Å². The van der Waals surface area contributed by atoms with Crippen LogP contribution in [0.2, 0.25) is 0 Å². The van der Waals surface area contributed by atoms with Gasteiger partial charge in [0.05, 0.1) is 5.75 Å². The summed E-state index contributed by atoms with van der Waals surface area (Å²) in [4.78, 5) is 12.5. The van der Waals surface area contributed by atoms with Gasteiger partial charge in [0.25, 0.3) is 0 Å². The average molecular weight is 361 g/mol. The van der Waals surface area contributed by atoms with Gasteiger partial charge >= 0.3 is 0 Å². The highest BCUT2D eigenvalue weighted by Gasteiger charge is 2.53. The molecule has 1 atom stereocenters. The molecule has 4 aliphatic carbocycles. The molecule has 4 bridgehead atoms. The van der Waals surface area contributed by atoms with Crippen molar-refractivity contribution in [3.63, 3.8) is 0 Å². The fourth-order valence-electron chi connectivity index (χ4n) is 5.89. The van der Waals surface area contributed by atoms with Crippen molar-refractivity contribution in [3.8, 4) is 0 Å². The second kappa shape index (κ2) is 6.78. The normalized spacial score (nSPS) is 34.0. The van der Waals surface area contributed by atoms with Gasteiger partial charge in [-0.1, -0.05) is 17.8 Å². The quantitative estimate of drug-likeness (QED) is 0.599. The van der Waals surface area contributed by atoms with Crippen LogP contribution < -0.4 is 5.32 Å². The Kier molecular flexibility index (Phi) is 4.65. The molecule has 1 amide bonds. The number of rotatable bonds is 7. The summed E-state index contributed by atoms with van der Waals surface area (Å²) in [5, 5.41) is 12.1. The Morgan fingerprint density at radius 3 is 2.64 bits per heavy atom. The van der Waals surface area contributed by atoms with E-state index in [2.05, 4.69) is 29.0 Å². The summed E-state index contributed by atoms with van der Waals surface area (Å²) in [6, 6.07) is 0.278. The SMILES string of the molecule is C=CCn1cnnc1SCC(=O)N[C@@H](C)C12CC3CC(CC(C3)C1)C2. The second-order valence-electron chi connectivity index (χ2n) is 8.41. The molecule has 0 radical (unpaired) electrons. The van der Waals surface area contributed by atoms with Gasteiger partial charge < -0.3 is 9.88 Å². The van der Waals surface area contributed by atoms with E-state index in [0.29, 0.717) is 17.7 Å². The van der Waals surface area contributed by atoms with Gasteiger partial charge in [0, 0.05) is 12.6 Å². The maximum absolute atomic E-state index is 12.5. The number of hydrogen-bond donors (Lipinski definition) is 1. The molecular weight excluding hydrogens is 332 g/mol. The van der Waals surface area contributed by atoms with E-state index in [1.54, 1.807) is 6.33 Å². The number of carbonyl (C=O) groups is 1. The molecule has 0 unspecified atom stereocenters.